The number of pyridine rings is 1. The lowest BCUT2D eigenvalue weighted by molar-refractivity contribution is -0.0845. The molecule has 2 aliphatic heterocycles. The van der Waals surface area contributed by atoms with Gasteiger partial charge in [-0.3, -0.25) is 9.88 Å². The van der Waals surface area contributed by atoms with Gasteiger partial charge in [-0.2, -0.15) is 0 Å². The van der Waals surface area contributed by atoms with Crippen LogP contribution in [-0.2, 0) is 11.3 Å². The van der Waals surface area contributed by atoms with Gasteiger partial charge in [-0.15, -0.1) is 0 Å². The van der Waals surface area contributed by atoms with Gasteiger partial charge in [0.05, 0.1) is 31.2 Å². The molecule has 0 bridgehead atoms. The quantitative estimate of drug-likeness (QED) is 0.849. The molecule has 0 aliphatic carbocycles. The molecule has 23 heavy (non-hydrogen) atoms. The molecule has 2 aromatic rings. The monoisotopic (exact) mass is 314 g/mol. The standard InChI is InChI=1S/C18H22N2O3/c1-3-14(11-19-8-1)22-13-16-5-6-17-18(23-16)7-9-20(17)12-15-4-2-10-21-15/h1-4,8,10-11,16-18H,5-7,9,12-13H2/t16-,17?,18?/m1/s1. The number of furan rings is 1. The van der Waals surface area contributed by atoms with Crippen molar-refractivity contribution in [3.63, 3.8) is 0 Å². The Balaban J connectivity index is 1.29. The Morgan fingerprint density at radius 2 is 2.22 bits per heavy atom. The molecule has 3 atom stereocenters. The van der Waals surface area contributed by atoms with E-state index in [1.165, 1.54) is 0 Å². The van der Waals surface area contributed by atoms with E-state index in [9.17, 15) is 0 Å². The first kappa shape index (κ1) is 14.7. The molecule has 2 unspecified atom stereocenters. The summed E-state index contributed by atoms with van der Waals surface area (Å²) in [6, 6.07) is 8.32. The fraction of sp³-hybridized carbons (Fsp3) is 0.500. The molecule has 2 fully saturated rings. The van der Waals surface area contributed by atoms with Crippen molar-refractivity contribution in [2.75, 3.05) is 13.2 Å². The maximum atomic E-state index is 6.26. The van der Waals surface area contributed by atoms with Crippen LogP contribution in [0.4, 0.5) is 0 Å². The molecule has 4 heterocycles. The van der Waals surface area contributed by atoms with E-state index < -0.39 is 0 Å². The van der Waals surface area contributed by atoms with Crippen molar-refractivity contribution in [1.29, 1.82) is 0 Å². The summed E-state index contributed by atoms with van der Waals surface area (Å²) < 4.78 is 17.5. The van der Waals surface area contributed by atoms with Crippen LogP contribution in [0.3, 0.4) is 0 Å². The van der Waals surface area contributed by atoms with Crippen LogP contribution in [0.1, 0.15) is 25.0 Å². The van der Waals surface area contributed by atoms with Gasteiger partial charge >= 0.3 is 0 Å². The Morgan fingerprint density at radius 1 is 1.22 bits per heavy atom. The maximum absolute atomic E-state index is 6.26. The average molecular weight is 314 g/mol. The second-order valence-corrected chi connectivity index (χ2v) is 6.28. The van der Waals surface area contributed by atoms with Gasteiger partial charge in [0, 0.05) is 18.8 Å². The first-order valence-electron chi connectivity index (χ1n) is 8.33. The molecule has 5 heteroatoms. The van der Waals surface area contributed by atoms with Crippen molar-refractivity contribution < 1.29 is 13.9 Å². The van der Waals surface area contributed by atoms with E-state index in [2.05, 4.69) is 9.88 Å². The molecule has 0 saturated carbocycles. The van der Waals surface area contributed by atoms with Gasteiger partial charge in [0.2, 0.25) is 0 Å². The topological polar surface area (TPSA) is 47.7 Å². The number of hydrogen-bond acceptors (Lipinski definition) is 5. The van der Waals surface area contributed by atoms with Gasteiger partial charge in [-0.05, 0) is 43.5 Å². The SMILES string of the molecule is c1cncc(OC[C@H]2CCC3C(CCN3Cc3ccco3)O2)c1. The van der Waals surface area contributed by atoms with E-state index in [0.29, 0.717) is 18.8 Å². The second kappa shape index (κ2) is 6.72. The number of fused-ring (bicyclic) bond motifs is 1. The number of hydrogen-bond donors (Lipinski definition) is 0. The molecule has 0 N–H and O–H groups in total. The van der Waals surface area contributed by atoms with E-state index in [-0.39, 0.29) is 6.10 Å². The summed E-state index contributed by atoms with van der Waals surface area (Å²) in [7, 11) is 0. The molecule has 2 saturated heterocycles. The van der Waals surface area contributed by atoms with Gasteiger partial charge in [0.25, 0.3) is 0 Å². The fourth-order valence-electron chi connectivity index (χ4n) is 3.63. The number of ether oxygens (including phenoxy) is 2. The van der Waals surface area contributed by atoms with Crippen molar-refractivity contribution in [1.82, 2.24) is 9.88 Å². The summed E-state index contributed by atoms with van der Waals surface area (Å²) in [5.41, 5.74) is 0. The third-order valence-corrected chi connectivity index (χ3v) is 4.76. The summed E-state index contributed by atoms with van der Waals surface area (Å²) in [4.78, 5) is 6.55. The number of aromatic nitrogens is 1. The largest absolute Gasteiger partial charge is 0.489 e. The predicted octanol–water partition coefficient (Wildman–Crippen LogP) is 2.88. The molecule has 0 amide bonds. The normalized spacial score (nSPS) is 27.7. The van der Waals surface area contributed by atoms with E-state index in [0.717, 1.165) is 43.9 Å². The van der Waals surface area contributed by atoms with Crippen LogP contribution >= 0.6 is 0 Å². The summed E-state index contributed by atoms with van der Waals surface area (Å²) in [6.45, 7) is 2.56. The summed E-state index contributed by atoms with van der Waals surface area (Å²) in [5.74, 6) is 1.84. The van der Waals surface area contributed by atoms with Gasteiger partial charge in [-0.1, -0.05) is 0 Å². The van der Waals surface area contributed by atoms with Crippen LogP contribution in [0.2, 0.25) is 0 Å². The Labute approximate surface area is 136 Å². The first-order valence-corrected chi connectivity index (χ1v) is 8.33. The summed E-state index contributed by atoms with van der Waals surface area (Å²) >= 11 is 0. The minimum atomic E-state index is 0.181. The average Bonchev–Trinajstić information content (AvgIpc) is 3.24. The molecule has 0 radical (unpaired) electrons. The predicted molar refractivity (Wildman–Crippen MR) is 85.2 cm³/mol. The van der Waals surface area contributed by atoms with Crippen LogP contribution in [0.5, 0.6) is 5.75 Å². The Morgan fingerprint density at radius 3 is 3.04 bits per heavy atom. The van der Waals surface area contributed by atoms with Gasteiger partial charge in [0.15, 0.2) is 0 Å². The van der Waals surface area contributed by atoms with Gasteiger partial charge in [-0.25, -0.2) is 0 Å². The highest BCUT2D eigenvalue weighted by Gasteiger charge is 2.40. The molecule has 2 aromatic heterocycles. The Bertz CT molecular complexity index is 602. The molecule has 2 aliphatic rings. The zero-order valence-electron chi connectivity index (χ0n) is 13.1. The molecule has 0 spiro atoms. The second-order valence-electron chi connectivity index (χ2n) is 6.28. The van der Waals surface area contributed by atoms with E-state index >= 15 is 0 Å². The lowest BCUT2D eigenvalue weighted by Gasteiger charge is -2.35. The highest BCUT2D eigenvalue weighted by molar-refractivity contribution is 5.15. The zero-order chi connectivity index (χ0) is 15.5. The van der Waals surface area contributed by atoms with E-state index in [4.69, 9.17) is 13.9 Å². The first-order chi connectivity index (χ1) is 11.4. The number of rotatable bonds is 5. The van der Waals surface area contributed by atoms with E-state index in [1.807, 2.05) is 24.3 Å². The Kier molecular flexibility index (Phi) is 4.30. The highest BCUT2D eigenvalue weighted by Crippen LogP contribution is 2.32. The van der Waals surface area contributed by atoms with Crippen LogP contribution in [0, 0.1) is 0 Å². The highest BCUT2D eigenvalue weighted by atomic mass is 16.5. The summed E-state index contributed by atoms with van der Waals surface area (Å²) in [6.07, 6.45) is 9.03. The lowest BCUT2D eigenvalue weighted by atomic mass is 9.99. The van der Waals surface area contributed by atoms with Crippen molar-refractivity contribution in [2.24, 2.45) is 0 Å². The fourth-order valence-corrected chi connectivity index (χ4v) is 3.63. The minimum absolute atomic E-state index is 0.181. The van der Waals surface area contributed by atoms with Crippen molar-refractivity contribution >= 4 is 0 Å². The third kappa shape index (κ3) is 3.41. The van der Waals surface area contributed by atoms with Crippen LogP contribution in [0.15, 0.2) is 47.3 Å². The summed E-state index contributed by atoms with van der Waals surface area (Å²) in [5, 5.41) is 0. The lowest BCUT2D eigenvalue weighted by Crippen LogP contribution is -2.43. The third-order valence-electron chi connectivity index (χ3n) is 4.76. The number of nitrogens with zero attached hydrogens (tertiary/aromatic N) is 2. The molecule has 122 valence electrons. The molecule has 5 nitrogen and oxygen atoms in total. The molecule has 0 aromatic carbocycles. The van der Waals surface area contributed by atoms with Crippen LogP contribution in [0.25, 0.3) is 0 Å². The zero-order valence-corrected chi connectivity index (χ0v) is 13.1. The van der Waals surface area contributed by atoms with Crippen molar-refractivity contribution in [3.8, 4) is 5.75 Å². The number of likely N-dealkylation sites (tertiary alicyclic amines) is 1. The van der Waals surface area contributed by atoms with Crippen molar-refractivity contribution in [3.05, 3.63) is 48.7 Å². The van der Waals surface area contributed by atoms with Gasteiger partial charge < -0.3 is 13.9 Å². The van der Waals surface area contributed by atoms with E-state index in [1.54, 1.807) is 18.7 Å². The Hall–Kier alpha value is -1.85. The molecular weight excluding hydrogens is 292 g/mol. The molecular formula is C18H22N2O3. The molecule has 4 rings (SSSR count). The van der Waals surface area contributed by atoms with Crippen LogP contribution < -0.4 is 4.74 Å². The van der Waals surface area contributed by atoms with Crippen LogP contribution in [-0.4, -0.2) is 41.3 Å². The smallest absolute Gasteiger partial charge is 0.137 e. The van der Waals surface area contributed by atoms with Gasteiger partial charge in [0.1, 0.15) is 18.1 Å². The minimum Gasteiger partial charge on any atom is -0.489 e. The maximum Gasteiger partial charge on any atom is 0.137 e. The van der Waals surface area contributed by atoms with Crippen molar-refractivity contribution in [2.45, 2.75) is 44.1 Å².